The standard InChI is InChI=1S/C9H10N2/c1-2-5-11-9(3-1)8-4-6-10-7-8/h1-3,5,7,10H,4,6H2. The highest BCUT2D eigenvalue weighted by Gasteiger charge is 2.05. The summed E-state index contributed by atoms with van der Waals surface area (Å²) in [6, 6.07) is 5.99. The lowest BCUT2D eigenvalue weighted by Gasteiger charge is -1.96. The molecule has 0 aromatic carbocycles. The number of hydrogen-bond donors (Lipinski definition) is 1. The van der Waals surface area contributed by atoms with Gasteiger partial charge in [0, 0.05) is 18.9 Å². The molecule has 0 bridgehead atoms. The van der Waals surface area contributed by atoms with Crippen molar-refractivity contribution < 1.29 is 0 Å². The van der Waals surface area contributed by atoms with Gasteiger partial charge in [-0.25, -0.2) is 0 Å². The second-order valence-corrected chi connectivity index (χ2v) is 2.59. The second kappa shape index (κ2) is 2.74. The van der Waals surface area contributed by atoms with Crippen molar-refractivity contribution in [3.8, 4) is 0 Å². The summed E-state index contributed by atoms with van der Waals surface area (Å²) in [5.74, 6) is 0. The summed E-state index contributed by atoms with van der Waals surface area (Å²) in [5.41, 5.74) is 2.41. The molecule has 1 N–H and O–H groups in total. The van der Waals surface area contributed by atoms with E-state index in [4.69, 9.17) is 0 Å². The first-order valence-corrected chi connectivity index (χ1v) is 3.80. The van der Waals surface area contributed by atoms with Gasteiger partial charge in [-0.3, -0.25) is 4.98 Å². The second-order valence-electron chi connectivity index (χ2n) is 2.59. The Bertz CT molecular complexity index is 264. The van der Waals surface area contributed by atoms with E-state index in [1.165, 1.54) is 5.57 Å². The van der Waals surface area contributed by atoms with Crippen LogP contribution in [-0.4, -0.2) is 11.5 Å². The van der Waals surface area contributed by atoms with Crippen molar-refractivity contribution in [2.24, 2.45) is 0 Å². The van der Waals surface area contributed by atoms with Crippen LogP contribution in [0.5, 0.6) is 0 Å². The Morgan fingerprint density at radius 2 is 2.36 bits per heavy atom. The van der Waals surface area contributed by atoms with Gasteiger partial charge in [-0.05, 0) is 24.1 Å². The molecule has 0 fully saturated rings. The summed E-state index contributed by atoms with van der Waals surface area (Å²) in [6.07, 6.45) is 4.97. The van der Waals surface area contributed by atoms with Crippen LogP contribution in [0.3, 0.4) is 0 Å². The predicted octanol–water partition coefficient (Wildman–Crippen LogP) is 1.42. The van der Waals surface area contributed by atoms with E-state index in [2.05, 4.69) is 10.3 Å². The SMILES string of the molecule is C1=C(c2ccccn2)CCN1. The number of hydrogen-bond acceptors (Lipinski definition) is 2. The van der Waals surface area contributed by atoms with Crippen molar-refractivity contribution in [1.29, 1.82) is 0 Å². The molecule has 2 nitrogen and oxygen atoms in total. The highest BCUT2D eigenvalue weighted by molar-refractivity contribution is 5.63. The van der Waals surface area contributed by atoms with Crippen molar-refractivity contribution in [1.82, 2.24) is 10.3 Å². The third-order valence-electron chi connectivity index (χ3n) is 1.81. The molecule has 2 heterocycles. The first-order valence-electron chi connectivity index (χ1n) is 3.80. The highest BCUT2D eigenvalue weighted by Crippen LogP contribution is 2.16. The van der Waals surface area contributed by atoms with Gasteiger partial charge in [-0.15, -0.1) is 0 Å². The lowest BCUT2D eigenvalue weighted by Crippen LogP contribution is -1.96. The molecule has 0 saturated heterocycles. The number of aromatic nitrogens is 1. The molecule has 11 heavy (non-hydrogen) atoms. The van der Waals surface area contributed by atoms with Crippen LogP contribution >= 0.6 is 0 Å². The minimum Gasteiger partial charge on any atom is -0.390 e. The fraction of sp³-hybridized carbons (Fsp3) is 0.222. The van der Waals surface area contributed by atoms with Crippen LogP contribution in [0.15, 0.2) is 30.6 Å². The van der Waals surface area contributed by atoms with Gasteiger partial charge in [0.1, 0.15) is 0 Å². The van der Waals surface area contributed by atoms with Crippen LogP contribution < -0.4 is 5.32 Å². The normalized spacial score (nSPS) is 15.8. The number of nitrogens with one attached hydrogen (secondary N) is 1. The summed E-state index contributed by atoms with van der Waals surface area (Å²) in [6.45, 7) is 1.05. The minimum atomic E-state index is 1.05. The molecule has 0 amide bonds. The Hall–Kier alpha value is -1.31. The van der Waals surface area contributed by atoms with E-state index >= 15 is 0 Å². The zero-order valence-electron chi connectivity index (χ0n) is 6.25. The van der Waals surface area contributed by atoms with E-state index in [9.17, 15) is 0 Å². The van der Waals surface area contributed by atoms with Gasteiger partial charge in [0.25, 0.3) is 0 Å². The third kappa shape index (κ3) is 1.24. The molecule has 0 spiro atoms. The maximum Gasteiger partial charge on any atom is 0.0676 e. The van der Waals surface area contributed by atoms with Crippen LogP contribution in [0.4, 0.5) is 0 Å². The topological polar surface area (TPSA) is 24.9 Å². The van der Waals surface area contributed by atoms with Gasteiger partial charge in [0.15, 0.2) is 0 Å². The number of pyridine rings is 1. The maximum atomic E-state index is 4.25. The average Bonchev–Trinajstić information content (AvgIpc) is 2.58. The molecule has 56 valence electrons. The Balaban J connectivity index is 2.29. The van der Waals surface area contributed by atoms with Crippen LogP contribution in [-0.2, 0) is 0 Å². The molecule has 0 aliphatic carbocycles. The average molecular weight is 146 g/mol. The van der Waals surface area contributed by atoms with Crippen LogP contribution in [0.2, 0.25) is 0 Å². The van der Waals surface area contributed by atoms with Gasteiger partial charge < -0.3 is 5.32 Å². The number of nitrogens with zero attached hydrogens (tertiary/aromatic N) is 1. The molecule has 2 rings (SSSR count). The molecule has 1 aliphatic heterocycles. The van der Waals surface area contributed by atoms with Crippen molar-refractivity contribution >= 4 is 5.57 Å². The molecule has 0 unspecified atom stereocenters. The smallest absolute Gasteiger partial charge is 0.0676 e. The Morgan fingerprint density at radius 3 is 3.00 bits per heavy atom. The molecular weight excluding hydrogens is 136 g/mol. The van der Waals surface area contributed by atoms with Crippen LogP contribution in [0.1, 0.15) is 12.1 Å². The van der Waals surface area contributed by atoms with Crippen molar-refractivity contribution in [3.63, 3.8) is 0 Å². The molecule has 2 heteroatoms. The van der Waals surface area contributed by atoms with Gasteiger partial charge in [-0.1, -0.05) is 6.07 Å². The van der Waals surface area contributed by atoms with Crippen molar-refractivity contribution in [2.75, 3.05) is 6.54 Å². The zero-order valence-corrected chi connectivity index (χ0v) is 6.25. The summed E-state index contributed by atoms with van der Waals surface area (Å²) < 4.78 is 0. The minimum absolute atomic E-state index is 1.05. The van der Waals surface area contributed by atoms with E-state index in [-0.39, 0.29) is 0 Å². The first kappa shape index (κ1) is 6.40. The van der Waals surface area contributed by atoms with Gasteiger partial charge >= 0.3 is 0 Å². The molecule has 1 aliphatic rings. The summed E-state index contributed by atoms with van der Waals surface area (Å²) in [4.78, 5) is 4.25. The molecule has 0 saturated carbocycles. The van der Waals surface area contributed by atoms with Crippen LogP contribution in [0.25, 0.3) is 5.57 Å². The van der Waals surface area contributed by atoms with Gasteiger partial charge in [0.2, 0.25) is 0 Å². The molecular formula is C9H10N2. The molecule has 1 aromatic heterocycles. The molecule has 1 aromatic rings. The Kier molecular flexibility index (Phi) is 1.60. The maximum absolute atomic E-state index is 4.25. The molecule has 0 radical (unpaired) electrons. The fourth-order valence-corrected chi connectivity index (χ4v) is 1.23. The summed E-state index contributed by atoms with van der Waals surface area (Å²) in [5, 5.41) is 3.17. The van der Waals surface area contributed by atoms with Crippen molar-refractivity contribution in [3.05, 3.63) is 36.3 Å². The van der Waals surface area contributed by atoms with Gasteiger partial charge in [0.05, 0.1) is 5.69 Å². The first-order chi connectivity index (χ1) is 5.47. The van der Waals surface area contributed by atoms with E-state index in [0.29, 0.717) is 0 Å². The monoisotopic (exact) mass is 146 g/mol. The third-order valence-corrected chi connectivity index (χ3v) is 1.81. The van der Waals surface area contributed by atoms with Crippen molar-refractivity contribution in [2.45, 2.75) is 6.42 Å². The number of rotatable bonds is 1. The van der Waals surface area contributed by atoms with E-state index in [0.717, 1.165) is 18.7 Å². The summed E-state index contributed by atoms with van der Waals surface area (Å²) in [7, 11) is 0. The lowest BCUT2D eigenvalue weighted by molar-refractivity contribution is 0.918. The predicted molar refractivity (Wildman–Crippen MR) is 44.8 cm³/mol. The highest BCUT2D eigenvalue weighted by atomic mass is 14.9. The Morgan fingerprint density at radius 1 is 1.36 bits per heavy atom. The van der Waals surface area contributed by atoms with E-state index in [1.807, 2.05) is 30.6 Å². The van der Waals surface area contributed by atoms with Crippen LogP contribution in [0, 0.1) is 0 Å². The quantitative estimate of drug-likeness (QED) is 0.648. The molecule has 0 atom stereocenters. The fourth-order valence-electron chi connectivity index (χ4n) is 1.23. The lowest BCUT2D eigenvalue weighted by atomic mass is 10.1. The largest absolute Gasteiger partial charge is 0.390 e. The summed E-state index contributed by atoms with van der Waals surface area (Å²) >= 11 is 0. The van der Waals surface area contributed by atoms with E-state index in [1.54, 1.807) is 0 Å². The van der Waals surface area contributed by atoms with E-state index < -0.39 is 0 Å². The van der Waals surface area contributed by atoms with Gasteiger partial charge in [-0.2, -0.15) is 0 Å². The Labute approximate surface area is 66.0 Å². The zero-order chi connectivity index (χ0) is 7.52.